The van der Waals surface area contributed by atoms with E-state index in [4.69, 9.17) is 0 Å². The van der Waals surface area contributed by atoms with Crippen molar-refractivity contribution >= 4 is 17.7 Å². The third-order valence-electron chi connectivity index (χ3n) is 2.87. The van der Waals surface area contributed by atoms with Gasteiger partial charge >= 0.3 is 0 Å². The molecule has 1 aliphatic carbocycles. The number of nitrogens with one attached hydrogen (secondary N) is 1. The van der Waals surface area contributed by atoms with E-state index >= 15 is 0 Å². The van der Waals surface area contributed by atoms with E-state index in [1.54, 1.807) is 17.8 Å². The second-order valence-electron chi connectivity index (χ2n) is 4.22. The summed E-state index contributed by atoms with van der Waals surface area (Å²) in [6.45, 7) is 0. The molecule has 1 N–H and O–H groups in total. The highest BCUT2D eigenvalue weighted by atomic mass is 32.2. The molecule has 17 heavy (non-hydrogen) atoms. The lowest BCUT2D eigenvalue weighted by atomic mass is 10.2. The average molecular weight is 247 g/mol. The molecule has 1 fully saturated rings. The van der Waals surface area contributed by atoms with Crippen molar-refractivity contribution in [3.8, 4) is 0 Å². The zero-order chi connectivity index (χ0) is 11.9. The summed E-state index contributed by atoms with van der Waals surface area (Å²) in [4.78, 5) is 12.7. The van der Waals surface area contributed by atoms with Crippen LogP contribution in [0, 0.1) is 0 Å². The number of carbonyl (C=O) groups is 1. The molecule has 2 nitrogen and oxygen atoms in total. The van der Waals surface area contributed by atoms with E-state index in [2.05, 4.69) is 5.32 Å². The van der Waals surface area contributed by atoms with Crippen LogP contribution in [0.15, 0.2) is 46.7 Å². The fourth-order valence-corrected chi connectivity index (χ4v) is 2.66. The maximum absolute atomic E-state index is 11.6. The first-order valence-electron chi connectivity index (χ1n) is 6.03. The molecule has 0 unspecified atom stereocenters. The Kier molecular flexibility index (Phi) is 4.68. The van der Waals surface area contributed by atoms with Crippen LogP contribution in [-0.2, 0) is 4.79 Å². The molecular formula is C14H17NOS. The van der Waals surface area contributed by atoms with E-state index in [0.717, 1.165) is 17.7 Å². The summed E-state index contributed by atoms with van der Waals surface area (Å²) in [7, 11) is 0. The Bertz CT molecular complexity index is 382. The minimum atomic E-state index is 0.0281. The molecular weight excluding hydrogens is 230 g/mol. The largest absolute Gasteiger partial charge is 0.350 e. The Balaban J connectivity index is 1.74. The van der Waals surface area contributed by atoms with Crippen LogP contribution in [0.4, 0.5) is 0 Å². The van der Waals surface area contributed by atoms with Crippen molar-refractivity contribution in [2.45, 2.75) is 36.6 Å². The quantitative estimate of drug-likeness (QED) is 0.653. The molecule has 0 aromatic heterocycles. The first-order chi connectivity index (χ1) is 8.34. The molecule has 1 aromatic carbocycles. The lowest BCUT2D eigenvalue weighted by molar-refractivity contribution is -0.117. The molecule has 2 rings (SSSR count). The predicted octanol–water partition coefficient (Wildman–Crippen LogP) is 3.35. The number of amides is 1. The van der Waals surface area contributed by atoms with E-state index in [1.165, 1.54) is 12.8 Å². The van der Waals surface area contributed by atoms with Crippen molar-refractivity contribution in [3.05, 3.63) is 41.8 Å². The molecule has 0 heterocycles. The van der Waals surface area contributed by atoms with Crippen LogP contribution in [0.25, 0.3) is 0 Å². The van der Waals surface area contributed by atoms with Gasteiger partial charge in [0.15, 0.2) is 0 Å². The first kappa shape index (κ1) is 12.2. The van der Waals surface area contributed by atoms with Crippen molar-refractivity contribution in [1.29, 1.82) is 0 Å². The van der Waals surface area contributed by atoms with Crippen LogP contribution in [0.1, 0.15) is 25.7 Å². The lowest BCUT2D eigenvalue weighted by Gasteiger charge is -2.08. The Hall–Kier alpha value is -1.22. The van der Waals surface area contributed by atoms with Crippen LogP contribution in [0.3, 0.4) is 0 Å². The van der Waals surface area contributed by atoms with Gasteiger partial charge in [0.1, 0.15) is 0 Å². The summed E-state index contributed by atoms with van der Waals surface area (Å²) >= 11 is 1.57. The fourth-order valence-electron chi connectivity index (χ4n) is 1.99. The maximum atomic E-state index is 11.6. The standard InChI is InChI=1S/C14H17NOS/c16-14(15-12-6-4-5-7-12)10-11-17-13-8-2-1-3-9-13/h1-3,8-12H,4-7H2,(H,15,16)/b11-10+. The van der Waals surface area contributed by atoms with E-state index < -0.39 is 0 Å². The average Bonchev–Trinajstić information content (AvgIpc) is 2.83. The van der Waals surface area contributed by atoms with Gasteiger partial charge in [-0.2, -0.15) is 0 Å². The van der Waals surface area contributed by atoms with Gasteiger partial charge in [0.25, 0.3) is 0 Å². The van der Waals surface area contributed by atoms with Crippen LogP contribution in [0.5, 0.6) is 0 Å². The third-order valence-corrected chi connectivity index (χ3v) is 3.68. The van der Waals surface area contributed by atoms with Gasteiger partial charge in [-0.1, -0.05) is 42.8 Å². The van der Waals surface area contributed by atoms with Gasteiger partial charge in [-0.05, 0) is 30.4 Å². The van der Waals surface area contributed by atoms with Crippen molar-refractivity contribution in [2.24, 2.45) is 0 Å². The first-order valence-corrected chi connectivity index (χ1v) is 6.91. The maximum Gasteiger partial charge on any atom is 0.244 e. The molecule has 90 valence electrons. The molecule has 0 bridgehead atoms. The minimum Gasteiger partial charge on any atom is -0.350 e. The van der Waals surface area contributed by atoms with Crippen LogP contribution in [0.2, 0.25) is 0 Å². The van der Waals surface area contributed by atoms with E-state index in [1.807, 2.05) is 35.7 Å². The Morgan fingerprint density at radius 1 is 1.24 bits per heavy atom. The second-order valence-corrected chi connectivity index (χ2v) is 5.20. The molecule has 0 saturated heterocycles. The summed E-state index contributed by atoms with van der Waals surface area (Å²) in [6, 6.07) is 10.4. The van der Waals surface area contributed by atoms with Gasteiger partial charge in [0.05, 0.1) is 0 Å². The molecule has 1 saturated carbocycles. The monoisotopic (exact) mass is 247 g/mol. The molecule has 0 spiro atoms. The van der Waals surface area contributed by atoms with Crippen LogP contribution < -0.4 is 5.32 Å². The minimum absolute atomic E-state index is 0.0281. The van der Waals surface area contributed by atoms with Crippen molar-refractivity contribution in [3.63, 3.8) is 0 Å². The highest BCUT2D eigenvalue weighted by Gasteiger charge is 2.15. The summed E-state index contributed by atoms with van der Waals surface area (Å²) in [5.74, 6) is 0.0281. The predicted molar refractivity (Wildman–Crippen MR) is 71.8 cm³/mol. The normalized spacial score (nSPS) is 16.5. The van der Waals surface area contributed by atoms with Gasteiger partial charge in [-0.25, -0.2) is 0 Å². The molecule has 0 atom stereocenters. The van der Waals surface area contributed by atoms with Gasteiger partial charge in [-0.15, -0.1) is 0 Å². The number of benzene rings is 1. The van der Waals surface area contributed by atoms with E-state index in [9.17, 15) is 4.79 Å². The smallest absolute Gasteiger partial charge is 0.244 e. The van der Waals surface area contributed by atoms with Crippen LogP contribution in [-0.4, -0.2) is 11.9 Å². The number of thioether (sulfide) groups is 1. The van der Waals surface area contributed by atoms with Gasteiger partial charge in [0.2, 0.25) is 5.91 Å². The topological polar surface area (TPSA) is 29.1 Å². The number of rotatable bonds is 4. The summed E-state index contributed by atoms with van der Waals surface area (Å²) in [5, 5.41) is 4.87. The highest BCUT2D eigenvalue weighted by molar-refractivity contribution is 8.02. The fraction of sp³-hybridized carbons (Fsp3) is 0.357. The van der Waals surface area contributed by atoms with E-state index in [-0.39, 0.29) is 5.91 Å². The summed E-state index contributed by atoms with van der Waals surface area (Å²) < 4.78 is 0. The number of carbonyl (C=O) groups excluding carboxylic acids is 1. The molecule has 1 amide bonds. The van der Waals surface area contributed by atoms with Crippen molar-refractivity contribution in [1.82, 2.24) is 5.32 Å². The lowest BCUT2D eigenvalue weighted by Crippen LogP contribution is -2.30. The molecule has 0 radical (unpaired) electrons. The Morgan fingerprint density at radius 2 is 1.94 bits per heavy atom. The molecule has 1 aliphatic rings. The number of hydrogen-bond acceptors (Lipinski definition) is 2. The SMILES string of the molecule is O=C(/C=C/Sc1ccccc1)NC1CCCC1. The number of hydrogen-bond donors (Lipinski definition) is 1. The van der Waals surface area contributed by atoms with E-state index in [0.29, 0.717) is 6.04 Å². The third kappa shape index (κ3) is 4.27. The van der Waals surface area contributed by atoms with Crippen molar-refractivity contribution < 1.29 is 4.79 Å². The van der Waals surface area contributed by atoms with Crippen LogP contribution >= 0.6 is 11.8 Å². The van der Waals surface area contributed by atoms with Crippen molar-refractivity contribution in [2.75, 3.05) is 0 Å². The second kappa shape index (κ2) is 6.50. The molecule has 1 aromatic rings. The van der Waals surface area contributed by atoms with Gasteiger partial charge in [0, 0.05) is 17.0 Å². The molecule has 3 heteroatoms. The summed E-state index contributed by atoms with van der Waals surface area (Å²) in [6.07, 6.45) is 6.37. The van der Waals surface area contributed by atoms with Gasteiger partial charge in [-0.3, -0.25) is 4.79 Å². The Labute approximate surface area is 106 Å². The molecule has 0 aliphatic heterocycles. The zero-order valence-electron chi connectivity index (χ0n) is 9.76. The summed E-state index contributed by atoms with van der Waals surface area (Å²) in [5.41, 5.74) is 0. The zero-order valence-corrected chi connectivity index (χ0v) is 10.6. The van der Waals surface area contributed by atoms with Gasteiger partial charge < -0.3 is 5.32 Å². The Morgan fingerprint density at radius 3 is 2.65 bits per heavy atom. The highest BCUT2D eigenvalue weighted by Crippen LogP contribution is 2.19.